The molecule has 10 heteroatoms. The molecule has 0 spiro atoms. The van der Waals surface area contributed by atoms with E-state index in [1.165, 1.54) is 0 Å². The van der Waals surface area contributed by atoms with Gasteiger partial charge in [0.15, 0.2) is 0 Å². The van der Waals surface area contributed by atoms with E-state index in [2.05, 4.69) is 4.98 Å². The molecule has 2 fully saturated rings. The normalized spacial score (nSPS) is 23.5. The van der Waals surface area contributed by atoms with Crippen LogP contribution < -0.4 is 4.90 Å². The molecule has 1 aliphatic carbocycles. The number of aliphatic carboxylic acids is 1. The minimum atomic E-state index is -4.51. The molecule has 2 atom stereocenters. The number of carboxylic acid groups (broad SMARTS) is 1. The van der Waals surface area contributed by atoms with Crippen molar-refractivity contribution in [2.45, 2.75) is 19.0 Å². The molecule has 142 valence electrons. The molecule has 0 bridgehead atoms. The molecule has 0 radical (unpaired) electrons. The molecule has 1 saturated carbocycles. The van der Waals surface area contributed by atoms with Crippen molar-refractivity contribution in [3.63, 3.8) is 0 Å². The highest BCUT2D eigenvalue weighted by molar-refractivity contribution is 6.33. The number of pyridine rings is 1. The fourth-order valence-electron chi connectivity index (χ4n) is 3.14. The van der Waals surface area contributed by atoms with E-state index in [1.807, 2.05) is 0 Å². The van der Waals surface area contributed by atoms with Crippen molar-refractivity contribution in [1.29, 1.82) is 0 Å². The van der Waals surface area contributed by atoms with Gasteiger partial charge in [-0.15, -0.1) is 0 Å². The molecular formula is C16H17ClF3N3O3. The monoisotopic (exact) mass is 391 g/mol. The van der Waals surface area contributed by atoms with Crippen LogP contribution in [0.1, 0.15) is 18.4 Å². The highest BCUT2D eigenvalue weighted by Crippen LogP contribution is 2.40. The maximum Gasteiger partial charge on any atom is 0.417 e. The number of anilines is 1. The Morgan fingerprint density at radius 1 is 1.19 bits per heavy atom. The summed E-state index contributed by atoms with van der Waals surface area (Å²) in [6.07, 6.45) is -2.81. The number of halogens is 4. The second-order valence-electron chi connectivity index (χ2n) is 6.48. The maximum absolute atomic E-state index is 12.7. The first-order valence-electron chi connectivity index (χ1n) is 8.17. The summed E-state index contributed by atoms with van der Waals surface area (Å²) in [5, 5.41) is 8.86. The van der Waals surface area contributed by atoms with Crippen LogP contribution in [-0.2, 0) is 15.8 Å². The number of aromatic nitrogens is 1. The van der Waals surface area contributed by atoms with Crippen molar-refractivity contribution in [3.05, 3.63) is 22.8 Å². The second-order valence-corrected chi connectivity index (χ2v) is 6.89. The van der Waals surface area contributed by atoms with E-state index < -0.39 is 29.5 Å². The minimum absolute atomic E-state index is 0.0901. The number of carboxylic acids is 1. The molecule has 1 saturated heterocycles. The van der Waals surface area contributed by atoms with Gasteiger partial charge in [0.25, 0.3) is 0 Å². The van der Waals surface area contributed by atoms with E-state index in [1.54, 1.807) is 9.80 Å². The molecule has 26 heavy (non-hydrogen) atoms. The van der Waals surface area contributed by atoms with Gasteiger partial charge in [-0.05, 0) is 18.9 Å². The Morgan fingerprint density at radius 2 is 1.92 bits per heavy atom. The Morgan fingerprint density at radius 3 is 2.50 bits per heavy atom. The van der Waals surface area contributed by atoms with Crippen molar-refractivity contribution < 1.29 is 27.9 Å². The average molecular weight is 392 g/mol. The molecule has 1 aliphatic heterocycles. The molecule has 1 amide bonds. The first-order chi connectivity index (χ1) is 12.2. The van der Waals surface area contributed by atoms with Gasteiger partial charge in [0.1, 0.15) is 5.82 Å². The minimum Gasteiger partial charge on any atom is -0.481 e. The van der Waals surface area contributed by atoms with Gasteiger partial charge < -0.3 is 14.9 Å². The first-order valence-corrected chi connectivity index (χ1v) is 8.55. The summed E-state index contributed by atoms with van der Waals surface area (Å²) in [7, 11) is 0. The molecule has 2 aliphatic rings. The number of nitrogens with zero attached hydrogens (tertiary/aromatic N) is 3. The van der Waals surface area contributed by atoms with Crippen LogP contribution in [0.3, 0.4) is 0 Å². The Hall–Kier alpha value is -2.03. The highest BCUT2D eigenvalue weighted by atomic mass is 35.5. The van der Waals surface area contributed by atoms with E-state index >= 15 is 0 Å². The first kappa shape index (κ1) is 18.8. The Bertz CT molecular complexity index is 728. The van der Waals surface area contributed by atoms with Gasteiger partial charge in [0, 0.05) is 32.4 Å². The summed E-state index contributed by atoms with van der Waals surface area (Å²) in [6, 6.07) is 0.847. The number of amides is 1. The summed E-state index contributed by atoms with van der Waals surface area (Å²) in [5.74, 6) is -1.95. The summed E-state index contributed by atoms with van der Waals surface area (Å²) in [4.78, 5) is 30.5. The van der Waals surface area contributed by atoms with Crippen molar-refractivity contribution in [2.75, 3.05) is 31.1 Å². The summed E-state index contributed by atoms with van der Waals surface area (Å²) < 4.78 is 38.2. The molecule has 1 N–H and O–H groups in total. The molecule has 0 aromatic carbocycles. The van der Waals surface area contributed by atoms with Gasteiger partial charge in [-0.1, -0.05) is 11.6 Å². The number of alkyl halides is 3. The lowest BCUT2D eigenvalue weighted by Crippen LogP contribution is -2.37. The quantitative estimate of drug-likeness (QED) is 0.857. The third-order valence-electron chi connectivity index (χ3n) is 4.68. The van der Waals surface area contributed by atoms with Gasteiger partial charge in [0.05, 0.1) is 22.4 Å². The molecule has 0 unspecified atom stereocenters. The van der Waals surface area contributed by atoms with E-state index in [0.717, 1.165) is 12.3 Å². The molecule has 1 aromatic heterocycles. The van der Waals surface area contributed by atoms with Gasteiger partial charge >= 0.3 is 12.1 Å². The van der Waals surface area contributed by atoms with Crippen molar-refractivity contribution in [3.8, 4) is 0 Å². The zero-order chi connectivity index (χ0) is 19.1. The fraction of sp³-hybridized carbons (Fsp3) is 0.562. The Labute approximate surface area is 152 Å². The summed E-state index contributed by atoms with van der Waals surface area (Å²) >= 11 is 5.99. The third-order valence-corrected chi connectivity index (χ3v) is 4.96. The largest absolute Gasteiger partial charge is 0.481 e. The van der Waals surface area contributed by atoms with Crippen LogP contribution in [0.2, 0.25) is 5.02 Å². The lowest BCUT2D eigenvalue weighted by Gasteiger charge is -2.24. The standard InChI is InChI=1S/C16H17ClF3N3O3/c17-12-6-9(16(18,19)20)8-21-13(12)22-2-1-3-23(5-4-22)14(24)10-7-11(10)15(25)26/h6,8,10-11H,1-5,7H2,(H,25,26)/t10-,11+/m1/s1. The third kappa shape index (κ3) is 3.87. The van der Waals surface area contributed by atoms with Gasteiger partial charge in [-0.3, -0.25) is 9.59 Å². The molecule has 2 heterocycles. The van der Waals surface area contributed by atoms with E-state index in [-0.39, 0.29) is 16.7 Å². The van der Waals surface area contributed by atoms with Crippen LogP contribution in [0.5, 0.6) is 0 Å². The van der Waals surface area contributed by atoms with Crippen LogP contribution in [0.4, 0.5) is 19.0 Å². The highest BCUT2D eigenvalue weighted by Gasteiger charge is 2.49. The molecular weight excluding hydrogens is 375 g/mol. The average Bonchev–Trinajstić information content (AvgIpc) is 3.37. The zero-order valence-electron chi connectivity index (χ0n) is 13.7. The van der Waals surface area contributed by atoms with Gasteiger partial charge in [-0.2, -0.15) is 13.2 Å². The van der Waals surface area contributed by atoms with Gasteiger partial charge in [0.2, 0.25) is 5.91 Å². The van der Waals surface area contributed by atoms with Crippen LogP contribution >= 0.6 is 11.6 Å². The summed E-state index contributed by atoms with van der Waals surface area (Å²) in [5.41, 5.74) is -0.911. The Balaban J connectivity index is 1.66. The number of carbonyl (C=O) groups is 2. The molecule has 3 rings (SSSR count). The van der Waals surface area contributed by atoms with E-state index in [4.69, 9.17) is 16.7 Å². The molecule has 1 aromatic rings. The number of hydrogen-bond donors (Lipinski definition) is 1. The zero-order valence-corrected chi connectivity index (χ0v) is 14.4. The fourth-order valence-corrected chi connectivity index (χ4v) is 3.43. The van der Waals surface area contributed by atoms with Crippen LogP contribution in [0.15, 0.2) is 12.3 Å². The maximum atomic E-state index is 12.7. The summed E-state index contributed by atoms with van der Waals surface area (Å²) in [6.45, 7) is 1.68. The topological polar surface area (TPSA) is 73.7 Å². The number of carbonyl (C=O) groups excluding carboxylic acids is 1. The predicted molar refractivity (Wildman–Crippen MR) is 86.9 cm³/mol. The van der Waals surface area contributed by atoms with Crippen LogP contribution in [0, 0.1) is 11.8 Å². The van der Waals surface area contributed by atoms with Crippen molar-refractivity contribution in [2.24, 2.45) is 11.8 Å². The molecule has 6 nitrogen and oxygen atoms in total. The lowest BCUT2D eigenvalue weighted by molar-refractivity contribution is -0.141. The number of hydrogen-bond acceptors (Lipinski definition) is 4. The van der Waals surface area contributed by atoms with Crippen LogP contribution in [0.25, 0.3) is 0 Å². The second kappa shape index (κ2) is 6.94. The predicted octanol–water partition coefficient (Wildman–Crippen LogP) is 2.51. The van der Waals surface area contributed by atoms with Crippen LogP contribution in [-0.4, -0.2) is 53.0 Å². The van der Waals surface area contributed by atoms with E-state index in [0.29, 0.717) is 39.0 Å². The van der Waals surface area contributed by atoms with Gasteiger partial charge in [-0.25, -0.2) is 4.98 Å². The van der Waals surface area contributed by atoms with Crippen molar-refractivity contribution >= 4 is 29.3 Å². The Kier molecular flexibility index (Phi) is 5.01. The van der Waals surface area contributed by atoms with Crippen molar-refractivity contribution in [1.82, 2.24) is 9.88 Å². The SMILES string of the molecule is O=C(O)[C@H]1C[C@H]1C(=O)N1CCCN(c2ncc(C(F)(F)F)cc2Cl)CC1. The number of rotatable bonds is 3. The van der Waals surface area contributed by atoms with E-state index in [9.17, 15) is 22.8 Å². The lowest BCUT2D eigenvalue weighted by atomic mass is 10.2. The smallest absolute Gasteiger partial charge is 0.417 e.